The molecule has 1 atom stereocenters. The maximum Gasteiger partial charge on any atom is 0.240 e. The van der Waals surface area contributed by atoms with E-state index in [1.54, 1.807) is 24.3 Å². The van der Waals surface area contributed by atoms with Gasteiger partial charge in [0.2, 0.25) is 10.0 Å². The van der Waals surface area contributed by atoms with Crippen molar-refractivity contribution in [3.63, 3.8) is 0 Å². The van der Waals surface area contributed by atoms with Crippen LogP contribution in [0.1, 0.15) is 51.1 Å². The van der Waals surface area contributed by atoms with Crippen LogP contribution < -0.4 is 10.5 Å². The molecule has 1 fully saturated rings. The molecule has 0 aromatic heterocycles. The standard InChI is InChI=1S/C15H24N2O2S/c1-3-8-15(9-10-15)11-17-20(18,19)14-6-4-13(5-7-14)12(2)16/h4-7,12,17H,3,8-11,16H2,1-2H3. The van der Waals surface area contributed by atoms with Crippen molar-refractivity contribution in [2.45, 2.75) is 50.5 Å². The molecule has 0 heterocycles. The lowest BCUT2D eigenvalue weighted by Crippen LogP contribution is -2.30. The second-order valence-corrected chi connectivity index (χ2v) is 7.70. The summed E-state index contributed by atoms with van der Waals surface area (Å²) in [5.74, 6) is 0. The summed E-state index contributed by atoms with van der Waals surface area (Å²) < 4.78 is 27.3. The zero-order valence-corrected chi connectivity index (χ0v) is 13.0. The molecule has 0 aliphatic heterocycles. The van der Waals surface area contributed by atoms with E-state index in [9.17, 15) is 8.42 Å². The fourth-order valence-corrected chi connectivity index (χ4v) is 3.66. The van der Waals surface area contributed by atoms with Crippen LogP contribution in [-0.2, 0) is 10.0 Å². The molecule has 0 radical (unpaired) electrons. The predicted molar refractivity (Wildman–Crippen MR) is 80.8 cm³/mol. The fourth-order valence-electron chi connectivity index (χ4n) is 2.50. The Hall–Kier alpha value is -0.910. The van der Waals surface area contributed by atoms with E-state index < -0.39 is 10.0 Å². The van der Waals surface area contributed by atoms with Gasteiger partial charge in [0.25, 0.3) is 0 Å². The summed E-state index contributed by atoms with van der Waals surface area (Å²) in [5, 5.41) is 0. The molecule has 0 saturated heterocycles. The molecule has 1 aromatic rings. The Morgan fingerprint density at radius 1 is 1.30 bits per heavy atom. The third kappa shape index (κ3) is 3.59. The first-order valence-corrected chi connectivity index (χ1v) is 8.72. The number of hydrogen-bond acceptors (Lipinski definition) is 3. The molecule has 112 valence electrons. The zero-order valence-electron chi connectivity index (χ0n) is 12.2. The van der Waals surface area contributed by atoms with Crippen LogP contribution in [0.4, 0.5) is 0 Å². The minimum Gasteiger partial charge on any atom is -0.324 e. The molecule has 1 aliphatic carbocycles. The van der Waals surface area contributed by atoms with Crippen molar-refractivity contribution >= 4 is 10.0 Å². The molecular formula is C15H24N2O2S. The molecule has 4 nitrogen and oxygen atoms in total. The Kier molecular flexibility index (Phi) is 4.52. The summed E-state index contributed by atoms with van der Waals surface area (Å²) in [5.41, 5.74) is 6.92. The van der Waals surface area contributed by atoms with E-state index in [0.29, 0.717) is 11.4 Å². The molecular weight excluding hydrogens is 272 g/mol. The van der Waals surface area contributed by atoms with Crippen molar-refractivity contribution in [3.8, 4) is 0 Å². The third-order valence-electron chi connectivity index (χ3n) is 4.09. The zero-order chi connectivity index (χ0) is 14.8. The lowest BCUT2D eigenvalue weighted by Gasteiger charge is -2.15. The monoisotopic (exact) mass is 296 g/mol. The normalized spacial score (nSPS) is 18.8. The number of nitrogens with two attached hydrogens (primary N) is 1. The smallest absolute Gasteiger partial charge is 0.240 e. The van der Waals surface area contributed by atoms with Crippen LogP contribution in [0.2, 0.25) is 0 Å². The molecule has 0 spiro atoms. The number of sulfonamides is 1. The average molecular weight is 296 g/mol. The summed E-state index contributed by atoms with van der Waals surface area (Å²) in [7, 11) is -3.41. The molecule has 5 heteroatoms. The van der Waals surface area contributed by atoms with E-state index in [4.69, 9.17) is 5.73 Å². The highest BCUT2D eigenvalue weighted by atomic mass is 32.2. The minimum absolute atomic E-state index is 0.0843. The van der Waals surface area contributed by atoms with Crippen LogP contribution >= 0.6 is 0 Å². The van der Waals surface area contributed by atoms with Crippen molar-refractivity contribution in [3.05, 3.63) is 29.8 Å². The second kappa shape index (κ2) is 5.84. The fraction of sp³-hybridized carbons (Fsp3) is 0.600. The van der Waals surface area contributed by atoms with Gasteiger partial charge in [0.05, 0.1) is 4.90 Å². The lowest BCUT2D eigenvalue weighted by atomic mass is 10.0. The molecule has 1 saturated carbocycles. The van der Waals surface area contributed by atoms with Gasteiger partial charge >= 0.3 is 0 Å². The Balaban J connectivity index is 2.03. The SMILES string of the molecule is CCCC1(CNS(=O)(=O)c2ccc(C(C)N)cc2)CC1. The summed E-state index contributed by atoms with van der Waals surface area (Å²) in [4.78, 5) is 0.314. The predicted octanol–water partition coefficient (Wildman–Crippen LogP) is 2.56. The summed E-state index contributed by atoms with van der Waals surface area (Å²) in [6, 6.07) is 6.72. The third-order valence-corrected chi connectivity index (χ3v) is 5.51. The van der Waals surface area contributed by atoms with Gasteiger partial charge in [0.1, 0.15) is 0 Å². The number of benzene rings is 1. The molecule has 1 aromatic carbocycles. The average Bonchev–Trinajstić information content (AvgIpc) is 3.18. The first kappa shape index (κ1) is 15.5. The lowest BCUT2D eigenvalue weighted by molar-refractivity contribution is 0.449. The first-order valence-electron chi connectivity index (χ1n) is 7.24. The highest BCUT2D eigenvalue weighted by Gasteiger charge is 2.42. The van der Waals surface area contributed by atoms with Crippen molar-refractivity contribution in [2.75, 3.05) is 6.54 Å². The van der Waals surface area contributed by atoms with E-state index in [2.05, 4.69) is 11.6 Å². The van der Waals surface area contributed by atoms with Gasteiger partial charge in [-0.2, -0.15) is 0 Å². The Morgan fingerprint density at radius 2 is 1.90 bits per heavy atom. The van der Waals surface area contributed by atoms with Gasteiger partial charge in [0, 0.05) is 12.6 Å². The van der Waals surface area contributed by atoms with Gasteiger partial charge in [-0.25, -0.2) is 13.1 Å². The van der Waals surface area contributed by atoms with Gasteiger partial charge in [0.15, 0.2) is 0 Å². The van der Waals surface area contributed by atoms with Gasteiger partial charge in [-0.1, -0.05) is 25.5 Å². The second-order valence-electron chi connectivity index (χ2n) is 5.93. The van der Waals surface area contributed by atoms with Gasteiger partial charge in [-0.15, -0.1) is 0 Å². The molecule has 2 rings (SSSR count). The van der Waals surface area contributed by atoms with Crippen LogP contribution in [0.3, 0.4) is 0 Å². The Bertz CT molecular complexity index is 546. The highest BCUT2D eigenvalue weighted by molar-refractivity contribution is 7.89. The topological polar surface area (TPSA) is 72.2 Å². The molecule has 0 amide bonds. The van der Waals surface area contributed by atoms with E-state index >= 15 is 0 Å². The van der Waals surface area contributed by atoms with E-state index in [-0.39, 0.29) is 11.5 Å². The summed E-state index contributed by atoms with van der Waals surface area (Å²) in [6.45, 7) is 4.57. The van der Waals surface area contributed by atoms with Crippen LogP contribution in [0.25, 0.3) is 0 Å². The van der Waals surface area contributed by atoms with Crippen molar-refractivity contribution in [1.82, 2.24) is 4.72 Å². The quantitative estimate of drug-likeness (QED) is 0.812. The molecule has 1 unspecified atom stereocenters. The van der Waals surface area contributed by atoms with E-state index in [1.807, 2.05) is 6.92 Å². The number of rotatable bonds is 7. The van der Waals surface area contributed by atoms with Gasteiger partial charge in [-0.3, -0.25) is 0 Å². The molecule has 1 aliphatic rings. The van der Waals surface area contributed by atoms with Crippen molar-refractivity contribution < 1.29 is 8.42 Å². The van der Waals surface area contributed by atoms with Crippen molar-refractivity contribution in [2.24, 2.45) is 11.1 Å². The summed E-state index contributed by atoms with van der Waals surface area (Å²) in [6.07, 6.45) is 4.46. The number of nitrogens with one attached hydrogen (secondary N) is 1. The van der Waals surface area contributed by atoms with Crippen molar-refractivity contribution in [1.29, 1.82) is 0 Å². The first-order chi connectivity index (χ1) is 9.38. The maximum atomic E-state index is 12.2. The van der Waals surface area contributed by atoms with Crippen LogP contribution in [0.15, 0.2) is 29.2 Å². The van der Waals surface area contributed by atoms with Crippen LogP contribution in [-0.4, -0.2) is 15.0 Å². The maximum absolute atomic E-state index is 12.2. The van der Waals surface area contributed by atoms with Crippen LogP contribution in [0, 0.1) is 5.41 Å². The number of hydrogen-bond donors (Lipinski definition) is 2. The largest absolute Gasteiger partial charge is 0.324 e. The Labute approximate surface area is 121 Å². The Morgan fingerprint density at radius 3 is 2.35 bits per heavy atom. The van der Waals surface area contributed by atoms with E-state index in [1.165, 1.54) is 0 Å². The van der Waals surface area contributed by atoms with Gasteiger partial charge in [-0.05, 0) is 49.3 Å². The molecule has 3 N–H and O–H groups in total. The highest BCUT2D eigenvalue weighted by Crippen LogP contribution is 2.49. The van der Waals surface area contributed by atoms with Gasteiger partial charge < -0.3 is 5.73 Å². The van der Waals surface area contributed by atoms with E-state index in [0.717, 1.165) is 31.2 Å². The molecule has 20 heavy (non-hydrogen) atoms. The van der Waals surface area contributed by atoms with Crippen LogP contribution in [0.5, 0.6) is 0 Å². The molecule has 0 bridgehead atoms. The minimum atomic E-state index is -3.41. The summed E-state index contributed by atoms with van der Waals surface area (Å²) >= 11 is 0.